The first kappa shape index (κ1) is 23.6. The van der Waals surface area contributed by atoms with Crippen molar-refractivity contribution in [1.82, 2.24) is 15.1 Å². The number of fused-ring (bicyclic) bond motifs is 1. The second-order valence-electron chi connectivity index (χ2n) is 8.92. The van der Waals surface area contributed by atoms with Crippen LogP contribution in [-0.2, 0) is 27.2 Å². The van der Waals surface area contributed by atoms with E-state index in [1.54, 1.807) is 19.0 Å². The zero-order valence-electron chi connectivity index (χ0n) is 19.7. The minimum Gasteiger partial charge on any atom is -0.339 e. The third kappa shape index (κ3) is 5.34. The molecule has 0 aliphatic carbocycles. The molecule has 1 N–H and O–H groups in total. The number of carbonyl (C=O) groups excluding carboxylic acids is 3. The van der Waals surface area contributed by atoms with Gasteiger partial charge in [-0.05, 0) is 41.8 Å². The SMILES string of the molecule is CN[C@H](Cc1ccc2ccccc2c1)C(=O)N(C)[C@H](Cc1ccccc1)CN1C(=O)CCC1=O. The van der Waals surface area contributed by atoms with E-state index < -0.39 is 6.04 Å². The van der Waals surface area contributed by atoms with Gasteiger partial charge in [0.05, 0.1) is 12.1 Å². The van der Waals surface area contributed by atoms with Crippen molar-refractivity contribution in [3.8, 4) is 0 Å². The molecular weight excluding hydrogens is 426 g/mol. The quantitative estimate of drug-likeness (QED) is 0.501. The minimum atomic E-state index is -0.422. The Kier molecular flexibility index (Phi) is 7.38. The van der Waals surface area contributed by atoms with Gasteiger partial charge in [0.2, 0.25) is 17.7 Å². The molecule has 1 aliphatic heterocycles. The van der Waals surface area contributed by atoms with Crippen LogP contribution in [0, 0.1) is 0 Å². The van der Waals surface area contributed by atoms with Crippen LogP contribution in [0.3, 0.4) is 0 Å². The Bertz CT molecular complexity index is 1160. The highest BCUT2D eigenvalue weighted by Gasteiger charge is 2.34. The zero-order valence-corrected chi connectivity index (χ0v) is 19.7. The van der Waals surface area contributed by atoms with E-state index in [4.69, 9.17) is 0 Å². The molecule has 1 aliphatic rings. The molecule has 2 atom stereocenters. The first-order valence-electron chi connectivity index (χ1n) is 11.7. The van der Waals surface area contributed by atoms with Gasteiger partial charge in [-0.2, -0.15) is 0 Å². The summed E-state index contributed by atoms with van der Waals surface area (Å²) in [5.41, 5.74) is 2.13. The molecule has 34 heavy (non-hydrogen) atoms. The Morgan fingerprint density at radius 2 is 1.53 bits per heavy atom. The van der Waals surface area contributed by atoms with Gasteiger partial charge in [-0.3, -0.25) is 19.3 Å². The second kappa shape index (κ2) is 10.6. The molecule has 4 rings (SSSR count). The number of likely N-dealkylation sites (tertiary alicyclic amines) is 1. The lowest BCUT2D eigenvalue weighted by molar-refractivity contribution is -0.142. The van der Waals surface area contributed by atoms with E-state index in [9.17, 15) is 14.4 Å². The molecule has 0 bridgehead atoms. The summed E-state index contributed by atoms with van der Waals surface area (Å²) in [6.07, 6.45) is 1.60. The number of amides is 3. The van der Waals surface area contributed by atoms with Crippen LogP contribution in [-0.4, -0.2) is 60.2 Å². The highest BCUT2D eigenvalue weighted by Crippen LogP contribution is 2.19. The van der Waals surface area contributed by atoms with E-state index in [1.165, 1.54) is 10.3 Å². The van der Waals surface area contributed by atoms with Crippen LogP contribution >= 0.6 is 0 Å². The molecule has 6 heteroatoms. The number of rotatable bonds is 9. The van der Waals surface area contributed by atoms with Gasteiger partial charge >= 0.3 is 0 Å². The third-order valence-corrected chi connectivity index (χ3v) is 6.66. The molecule has 1 fully saturated rings. The van der Waals surface area contributed by atoms with Crippen LogP contribution in [0.5, 0.6) is 0 Å². The maximum Gasteiger partial charge on any atom is 0.240 e. The van der Waals surface area contributed by atoms with E-state index in [2.05, 4.69) is 35.6 Å². The van der Waals surface area contributed by atoms with Crippen LogP contribution < -0.4 is 5.32 Å². The van der Waals surface area contributed by atoms with E-state index in [1.807, 2.05) is 42.5 Å². The van der Waals surface area contributed by atoms with Gasteiger partial charge in [-0.15, -0.1) is 0 Å². The van der Waals surface area contributed by atoms with Crippen molar-refractivity contribution in [1.29, 1.82) is 0 Å². The van der Waals surface area contributed by atoms with Crippen LogP contribution in [0.1, 0.15) is 24.0 Å². The molecule has 6 nitrogen and oxygen atoms in total. The van der Waals surface area contributed by atoms with Gasteiger partial charge in [-0.25, -0.2) is 0 Å². The lowest BCUT2D eigenvalue weighted by Gasteiger charge is -2.33. The van der Waals surface area contributed by atoms with Crippen molar-refractivity contribution in [3.05, 3.63) is 83.9 Å². The zero-order chi connectivity index (χ0) is 24.1. The number of carbonyl (C=O) groups is 3. The molecule has 0 spiro atoms. The highest BCUT2D eigenvalue weighted by atomic mass is 16.2. The van der Waals surface area contributed by atoms with Crippen molar-refractivity contribution in [2.75, 3.05) is 20.6 Å². The van der Waals surface area contributed by atoms with E-state index in [0.717, 1.165) is 16.5 Å². The monoisotopic (exact) mass is 457 g/mol. The van der Waals surface area contributed by atoms with Gasteiger partial charge in [0.15, 0.2) is 0 Å². The number of nitrogens with one attached hydrogen (secondary N) is 1. The highest BCUT2D eigenvalue weighted by molar-refractivity contribution is 6.02. The molecule has 0 saturated carbocycles. The van der Waals surface area contributed by atoms with E-state index in [-0.39, 0.29) is 43.1 Å². The average molecular weight is 458 g/mol. The number of hydrogen-bond acceptors (Lipinski definition) is 4. The maximum absolute atomic E-state index is 13.6. The standard InChI is InChI=1S/C28H31N3O3/c1-29-25(18-21-12-13-22-10-6-7-11-23(22)16-21)28(34)30(2)24(17-20-8-4-3-5-9-20)19-31-26(32)14-15-27(31)33/h3-13,16,24-25,29H,14-15,17-19H2,1-2H3/t24-,25-/m1/s1. The van der Waals surface area contributed by atoms with Crippen molar-refractivity contribution < 1.29 is 14.4 Å². The Morgan fingerprint density at radius 1 is 0.882 bits per heavy atom. The number of imide groups is 1. The summed E-state index contributed by atoms with van der Waals surface area (Å²) in [6, 6.07) is 23.6. The molecular formula is C28H31N3O3. The molecule has 1 saturated heterocycles. The Morgan fingerprint density at radius 3 is 2.21 bits per heavy atom. The van der Waals surface area contributed by atoms with Crippen LogP contribution in [0.25, 0.3) is 10.8 Å². The topological polar surface area (TPSA) is 69.7 Å². The molecule has 0 unspecified atom stereocenters. The predicted molar refractivity (Wildman–Crippen MR) is 133 cm³/mol. The lowest BCUT2D eigenvalue weighted by atomic mass is 9.99. The largest absolute Gasteiger partial charge is 0.339 e. The fourth-order valence-electron chi connectivity index (χ4n) is 4.59. The number of nitrogens with zero attached hydrogens (tertiary/aromatic N) is 2. The van der Waals surface area contributed by atoms with Gasteiger partial charge in [0.25, 0.3) is 0 Å². The normalized spacial score (nSPS) is 15.5. The van der Waals surface area contributed by atoms with Crippen LogP contribution in [0.15, 0.2) is 72.8 Å². The molecule has 3 aromatic carbocycles. The second-order valence-corrected chi connectivity index (χ2v) is 8.92. The molecule has 0 radical (unpaired) electrons. The fourth-order valence-corrected chi connectivity index (χ4v) is 4.59. The first-order chi connectivity index (χ1) is 16.5. The summed E-state index contributed by atoms with van der Waals surface area (Å²) in [5, 5.41) is 5.48. The molecule has 1 heterocycles. The van der Waals surface area contributed by atoms with Gasteiger partial charge in [-0.1, -0.05) is 72.8 Å². The summed E-state index contributed by atoms with van der Waals surface area (Å²) in [4.78, 5) is 41.2. The lowest BCUT2D eigenvalue weighted by Crippen LogP contribution is -2.53. The van der Waals surface area contributed by atoms with Gasteiger partial charge < -0.3 is 10.2 Å². The molecule has 3 amide bonds. The summed E-state index contributed by atoms with van der Waals surface area (Å²) >= 11 is 0. The Balaban J connectivity index is 1.53. The van der Waals surface area contributed by atoms with E-state index in [0.29, 0.717) is 12.8 Å². The summed E-state index contributed by atoms with van der Waals surface area (Å²) in [6.45, 7) is 0.210. The first-order valence-corrected chi connectivity index (χ1v) is 11.7. The van der Waals surface area contributed by atoms with Crippen molar-refractivity contribution in [3.63, 3.8) is 0 Å². The fraction of sp³-hybridized carbons (Fsp3) is 0.321. The van der Waals surface area contributed by atoms with E-state index >= 15 is 0 Å². The van der Waals surface area contributed by atoms with Gasteiger partial charge in [0.1, 0.15) is 0 Å². The number of likely N-dealkylation sites (N-methyl/N-ethyl adjacent to an activating group) is 2. The van der Waals surface area contributed by atoms with Crippen molar-refractivity contribution in [2.24, 2.45) is 0 Å². The predicted octanol–water partition coefficient (Wildman–Crippen LogP) is 3.19. The molecule has 0 aromatic heterocycles. The summed E-state index contributed by atoms with van der Waals surface area (Å²) < 4.78 is 0. The third-order valence-electron chi connectivity index (χ3n) is 6.66. The van der Waals surface area contributed by atoms with Crippen LogP contribution in [0.4, 0.5) is 0 Å². The Labute approximate surface area is 200 Å². The smallest absolute Gasteiger partial charge is 0.240 e. The molecule has 3 aromatic rings. The summed E-state index contributed by atoms with van der Waals surface area (Å²) in [7, 11) is 3.56. The maximum atomic E-state index is 13.6. The van der Waals surface area contributed by atoms with Crippen molar-refractivity contribution in [2.45, 2.75) is 37.8 Å². The minimum absolute atomic E-state index is 0.0596. The van der Waals surface area contributed by atoms with Crippen LogP contribution in [0.2, 0.25) is 0 Å². The average Bonchev–Trinajstić information content (AvgIpc) is 3.18. The van der Waals surface area contributed by atoms with Crippen molar-refractivity contribution >= 4 is 28.5 Å². The number of benzene rings is 3. The molecule has 176 valence electrons. The summed E-state index contributed by atoms with van der Waals surface area (Å²) in [5.74, 6) is -0.383. The van der Waals surface area contributed by atoms with Gasteiger partial charge in [0, 0.05) is 26.4 Å². The number of hydrogen-bond donors (Lipinski definition) is 1. The Hall–Kier alpha value is -3.51.